The number of nitrogens with zero attached hydrogens (tertiary/aromatic N) is 3. The molecule has 0 saturated carbocycles. The third kappa shape index (κ3) is 8.24. The van der Waals surface area contributed by atoms with Crippen LogP contribution in [0.4, 0.5) is 0 Å². The van der Waals surface area contributed by atoms with Crippen LogP contribution in [-0.2, 0) is 20.1 Å². The van der Waals surface area contributed by atoms with E-state index in [0.29, 0.717) is 11.8 Å². The summed E-state index contributed by atoms with van der Waals surface area (Å²) in [6.07, 6.45) is 2.03. The molecule has 0 spiro atoms. The van der Waals surface area contributed by atoms with Crippen LogP contribution in [0.15, 0.2) is 146 Å². The Kier molecular flexibility index (Phi) is 11.9. The van der Waals surface area contributed by atoms with Gasteiger partial charge >= 0.3 is 0 Å². The van der Waals surface area contributed by atoms with Crippen LogP contribution in [0.25, 0.3) is 70.7 Å². The van der Waals surface area contributed by atoms with Crippen LogP contribution < -0.4 is 5.19 Å². The molecule has 0 N–H and O–H groups in total. The number of fused-ring (bicyclic) bond motifs is 4. The van der Waals surface area contributed by atoms with Crippen molar-refractivity contribution in [1.29, 1.82) is 0 Å². The number of benzene rings is 6. The van der Waals surface area contributed by atoms with E-state index in [1.165, 1.54) is 53.3 Å². The van der Waals surface area contributed by atoms with Gasteiger partial charge in [0.15, 0.2) is 0 Å². The Morgan fingerprint density at radius 1 is 0.632 bits per heavy atom. The van der Waals surface area contributed by atoms with Gasteiger partial charge in [0.05, 0.1) is 24.9 Å². The van der Waals surface area contributed by atoms with Gasteiger partial charge in [-0.3, -0.25) is 4.98 Å². The number of hydrogen-bond donors (Lipinski definition) is 0. The first-order chi connectivity index (χ1) is 27.1. The fourth-order valence-corrected chi connectivity index (χ4v) is 9.53. The zero-order valence-electron chi connectivity index (χ0n) is 33.6. The molecule has 1 radical (unpaired) electrons. The molecular weight excluding hydrogens is 907 g/mol. The Morgan fingerprint density at radius 2 is 1.33 bits per heavy atom. The fourth-order valence-electron chi connectivity index (χ4n) is 7.42. The minimum absolute atomic E-state index is 0. The van der Waals surface area contributed by atoms with Gasteiger partial charge < -0.3 is 9.55 Å². The van der Waals surface area contributed by atoms with Crippen molar-refractivity contribution in [3.05, 3.63) is 169 Å². The molecule has 0 unspecified atom stereocenters. The molecule has 0 amide bonds. The molecule has 9 aromatic rings. The Morgan fingerprint density at radius 3 is 2.04 bits per heavy atom. The number of rotatable bonds is 7. The second-order valence-electron chi connectivity index (χ2n) is 16.1. The molecule has 0 saturated heterocycles. The van der Waals surface area contributed by atoms with Gasteiger partial charge in [0.1, 0.15) is 0 Å². The standard InChI is InChI=1S/C31H27N2S.C20H20NSi.Ir/c1-19(2)22-11-9-12-23(20(3)4)30(22)33-27-14-7-6-13-26(27)32-31(33)21-16-17-29-25(18-21)24-10-5-8-15-28(24)34-29;1-22(2,3)19-12-13-20(21-15-19)18-11-7-10-17(14-18)16-8-5-4-6-9-16;/h5-15,17-20H,1-4H3;4-10,12-15H,1-3H3;/q2*-1;. The van der Waals surface area contributed by atoms with E-state index in [-0.39, 0.29) is 20.1 Å². The zero-order valence-corrected chi connectivity index (χ0v) is 37.8. The van der Waals surface area contributed by atoms with Crippen molar-refractivity contribution < 1.29 is 20.1 Å². The quantitative estimate of drug-likeness (QED) is 0.118. The van der Waals surface area contributed by atoms with Gasteiger partial charge in [0.25, 0.3) is 0 Å². The Labute approximate surface area is 355 Å². The van der Waals surface area contributed by atoms with Crippen LogP contribution in [-0.4, -0.2) is 22.6 Å². The molecule has 3 nitrogen and oxygen atoms in total. The van der Waals surface area contributed by atoms with Crippen molar-refractivity contribution in [2.24, 2.45) is 0 Å². The molecule has 3 heterocycles. The number of para-hydroxylation sites is 3. The maximum absolute atomic E-state index is 5.17. The molecule has 287 valence electrons. The summed E-state index contributed by atoms with van der Waals surface area (Å²) in [4.78, 5) is 9.82. The first-order valence-corrected chi connectivity index (χ1v) is 23.9. The SMILES string of the molecule is CC(C)c1cccc(C(C)C)c1-n1c(-c2[c-]cc3sc4ccccc4c3c2)nc2ccccc21.C[Si](C)(C)c1ccc(-c2[c-]ccc(-c3ccccc3)c2)nc1.[Ir]. The fraction of sp³-hybridized carbons (Fsp3) is 0.176. The second-order valence-corrected chi connectivity index (χ2v) is 22.3. The summed E-state index contributed by atoms with van der Waals surface area (Å²) in [6, 6.07) is 56.1. The summed E-state index contributed by atoms with van der Waals surface area (Å²) in [5, 5.41) is 3.95. The third-order valence-electron chi connectivity index (χ3n) is 10.5. The van der Waals surface area contributed by atoms with Crippen molar-refractivity contribution >= 4 is 55.8 Å². The first kappa shape index (κ1) is 40.2. The summed E-state index contributed by atoms with van der Waals surface area (Å²) in [5.41, 5.74) is 11.6. The Balaban J connectivity index is 0.000000188. The second kappa shape index (κ2) is 16.9. The monoisotopic (exact) mass is 954 g/mol. The van der Waals surface area contributed by atoms with Crippen molar-refractivity contribution in [3.8, 4) is 39.5 Å². The van der Waals surface area contributed by atoms with Crippen LogP contribution in [0.3, 0.4) is 0 Å². The normalized spacial score (nSPS) is 11.6. The van der Waals surface area contributed by atoms with Crippen LogP contribution >= 0.6 is 11.3 Å². The minimum Gasteiger partial charge on any atom is -0.333 e. The third-order valence-corrected chi connectivity index (χ3v) is 13.7. The smallest absolute Gasteiger partial charge is 0.0795 e. The predicted octanol–water partition coefficient (Wildman–Crippen LogP) is 13.9. The van der Waals surface area contributed by atoms with Crippen LogP contribution in [0.1, 0.15) is 50.7 Å². The molecule has 57 heavy (non-hydrogen) atoms. The van der Waals surface area contributed by atoms with Gasteiger partial charge in [0, 0.05) is 36.7 Å². The number of thiophene rings is 1. The Bertz CT molecular complexity index is 2770. The molecule has 9 rings (SSSR count). The molecule has 0 atom stereocenters. The largest absolute Gasteiger partial charge is 0.333 e. The average molecular weight is 954 g/mol. The molecule has 0 aliphatic carbocycles. The van der Waals surface area contributed by atoms with Gasteiger partial charge in [-0.15, -0.1) is 59.2 Å². The summed E-state index contributed by atoms with van der Waals surface area (Å²) in [7, 11) is -1.29. The Hall–Kier alpha value is -4.97. The summed E-state index contributed by atoms with van der Waals surface area (Å²) < 4.78 is 4.95. The maximum atomic E-state index is 5.17. The molecule has 0 fully saturated rings. The van der Waals surface area contributed by atoms with Crippen molar-refractivity contribution in [2.45, 2.75) is 59.2 Å². The van der Waals surface area contributed by atoms with E-state index in [4.69, 9.17) is 4.98 Å². The van der Waals surface area contributed by atoms with Gasteiger partial charge in [0.2, 0.25) is 0 Å². The van der Waals surface area contributed by atoms with Crippen LogP contribution in [0.5, 0.6) is 0 Å². The predicted molar refractivity (Wildman–Crippen MR) is 243 cm³/mol. The van der Waals surface area contributed by atoms with E-state index < -0.39 is 8.07 Å². The van der Waals surface area contributed by atoms with Crippen molar-refractivity contribution in [1.82, 2.24) is 14.5 Å². The number of pyridine rings is 1. The van der Waals surface area contributed by atoms with Gasteiger partial charge in [-0.25, -0.2) is 0 Å². The maximum Gasteiger partial charge on any atom is 0.0795 e. The number of aromatic nitrogens is 3. The van der Waals surface area contributed by atoms with Crippen LogP contribution in [0.2, 0.25) is 19.6 Å². The van der Waals surface area contributed by atoms with E-state index in [2.05, 4.69) is 196 Å². The number of hydrogen-bond acceptors (Lipinski definition) is 3. The van der Waals surface area contributed by atoms with Gasteiger partial charge in [-0.05, 0) is 67.7 Å². The van der Waals surface area contributed by atoms with E-state index in [1.54, 1.807) is 0 Å². The van der Waals surface area contributed by atoms with E-state index >= 15 is 0 Å². The summed E-state index contributed by atoms with van der Waals surface area (Å²) in [6.45, 7) is 16.1. The van der Waals surface area contributed by atoms with Gasteiger partial charge in [-0.1, -0.05) is 144 Å². The number of imidazole rings is 1. The van der Waals surface area contributed by atoms with Crippen molar-refractivity contribution in [3.63, 3.8) is 0 Å². The van der Waals surface area contributed by atoms with Gasteiger partial charge in [-0.2, -0.15) is 11.3 Å². The first-order valence-electron chi connectivity index (χ1n) is 19.5. The molecule has 0 bridgehead atoms. The van der Waals surface area contributed by atoms with E-state index in [0.717, 1.165) is 33.7 Å². The molecule has 0 aliphatic rings. The molecule has 6 aromatic carbocycles. The van der Waals surface area contributed by atoms with E-state index in [9.17, 15) is 0 Å². The molecule has 0 aliphatic heterocycles. The average Bonchev–Trinajstić information content (AvgIpc) is 3.79. The van der Waals surface area contributed by atoms with E-state index in [1.807, 2.05) is 29.7 Å². The summed E-state index contributed by atoms with van der Waals surface area (Å²) >= 11 is 1.83. The summed E-state index contributed by atoms with van der Waals surface area (Å²) in [5.74, 6) is 1.75. The van der Waals surface area contributed by atoms with Crippen molar-refractivity contribution in [2.75, 3.05) is 0 Å². The molecule has 6 heteroatoms. The molecular formula is C51H47IrN3SSi-2. The van der Waals surface area contributed by atoms with Crippen LogP contribution in [0, 0.1) is 12.1 Å². The topological polar surface area (TPSA) is 30.7 Å². The minimum atomic E-state index is -1.29. The zero-order chi connectivity index (χ0) is 39.0. The molecule has 3 aromatic heterocycles.